The van der Waals surface area contributed by atoms with Gasteiger partial charge >= 0.3 is 5.92 Å². The summed E-state index contributed by atoms with van der Waals surface area (Å²) >= 11 is 0. The molecule has 0 unspecified atom stereocenters. The van der Waals surface area contributed by atoms with Crippen LogP contribution in [0.15, 0.2) is 4.52 Å². The van der Waals surface area contributed by atoms with Crippen LogP contribution in [-0.4, -0.2) is 32.7 Å². The van der Waals surface area contributed by atoms with E-state index in [0.717, 1.165) is 0 Å². The van der Waals surface area contributed by atoms with E-state index in [1.54, 1.807) is 6.92 Å². The summed E-state index contributed by atoms with van der Waals surface area (Å²) in [6.07, 6.45) is 0.782. The minimum absolute atomic E-state index is 0.0881. The van der Waals surface area contributed by atoms with Gasteiger partial charge in [-0.3, -0.25) is 4.79 Å². The summed E-state index contributed by atoms with van der Waals surface area (Å²) in [6.45, 7) is 4.54. The molecule has 118 valence electrons. The summed E-state index contributed by atoms with van der Waals surface area (Å²) < 4.78 is 33.3. The minimum atomic E-state index is -3.86. The highest BCUT2D eigenvalue weighted by molar-refractivity contribution is 5.85. The van der Waals surface area contributed by atoms with Crippen molar-refractivity contribution in [1.82, 2.24) is 15.5 Å². The van der Waals surface area contributed by atoms with Gasteiger partial charge in [-0.2, -0.15) is 13.8 Å². The largest absolute Gasteiger partial charge is 0.383 e. The zero-order valence-electron chi connectivity index (χ0n) is 12.2. The van der Waals surface area contributed by atoms with Crippen molar-refractivity contribution in [3.8, 4) is 0 Å². The zero-order valence-corrected chi connectivity index (χ0v) is 12.2. The van der Waals surface area contributed by atoms with E-state index in [1.165, 1.54) is 13.8 Å². The van der Waals surface area contributed by atoms with E-state index < -0.39 is 23.0 Å². The fraction of sp³-hybridized carbons (Fsp3) is 0.769. The lowest BCUT2D eigenvalue weighted by Crippen LogP contribution is -2.59. The normalized spacial score (nSPS) is 18.8. The molecule has 0 aromatic carbocycles. The van der Waals surface area contributed by atoms with Gasteiger partial charge in [0, 0.05) is 6.92 Å². The summed E-state index contributed by atoms with van der Waals surface area (Å²) in [7, 11) is 0. The highest BCUT2D eigenvalue weighted by Gasteiger charge is 2.59. The predicted octanol–water partition coefficient (Wildman–Crippen LogP) is 1.67. The zero-order chi connectivity index (χ0) is 15.9. The Morgan fingerprint density at radius 2 is 1.95 bits per heavy atom. The quantitative estimate of drug-likeness (QED) is 0.883. The van der Waals surface area contributed by atoms with E-state index in [2.05, 4.69) is 15.5 Å². The standard InChI is InChI=1S/C13H19F2N3O3/c1-8-16-9(18-21-8)11(2,3)17-10(19)13(14,15)12(20)6-4-5-7-12/h20H,4-7H2,1-3H3,(H,17,19). The van der Waals surface area contributed by atoms with Gasteiger partial charge in [0.05, 0.1) is 5.54 Å². The lowest BCUT2D eigenvalue weighted by molar-refractivity contribution is -0.192. The third-order valence-corrected chi connectivity index (χ3v) is 3.81. The maximum atomic E-state index is 14.2. The molecule has 0 atom stereocenters. The minimum Gasteiger partial charge on any atom is -0.383 e. The summed E-state index contributed by atoms with van der Waals surface area (Å²) in [5, 5.41) is 15.8. The average molecular weight is 303 g/mol. The van der Waals surface area contributed by atoms with E-state index in [9.17, 15) is 18.7 Å². The molecule has 0 radical (unpaired) electrons. The van der Waals surface area contributed by atoms with E-state index >= 15 is 0 Å². The molecule has 8 heteroatoms. The lowest BCUT2D eigenvalue weighted by atomic mass is 9.92. The first-order chi connectivity index (χ1) is 9.58. The molecule has 1 aliphatic rings. The summed E-state index contributed by atoms with van der Waals surface area (Å²) in [6, 6.07) is 0. The topological polar surface area (TPSA) is 88.2 Å². The number of halogens is 2. The summed E-state index contributed by atoms with van der Waals surface area (Å²) in [5.41, 5.74) is -3.51. The van der Waals surface area contributed by atoms with Crippen molar-refractivity contribution in [3.05, 3.63) is 11.7 Å². The van der Waals surface area contributed by atoms with Crippen LogP contribution in [0.5, 0.6) is 0 Å². The Hall–Kier alpha value is -1.57. The van der Waals surface area contributed by atoms with Crippen LogP contribution in [0.2, 0.25) is 0 Å². The van der Waals surface area contributed by atoms with E-state index in [1.807, 2.05) is 0 Å². The van der Waals surface area contributed by atoms with Crippen molar-refractivity contribution in [2.24, 2.45) is 0 Å². The number of aromatic nitrogens is 2. The Balaban J connectivity index is 2.16. The predicted molar refractivity (Wildman–Crippen MR) is 68.6 cm³/mol. The van der Waals surface area contributed by atoms with E-state index in [-0.39, 0.29) is 24.6 Å². The maximum Gasteiger partial charge on any atom is 0.352 e. The fourth-order valence-corrected chi connectivity index (χ4v) is 2.46. The molecule has 21 heavy (non-hydrogen) atoms. The van der Waals surface area contributed by atoms with Gasteiger partial charge < -0.3 is 14.9 Å². The number of nitrogens with one attached hydrogen (secondary N) is 1. The number of aryl methyl sites for hydroxylation is 1. The lowest BCUT2D eigenvalue weighted by Gasteiger charge is -2.33. The number of amides is 1. The molecule has 2 N–H and O–H groups in total. The number of hydrogen-bond donors (Lipinski definition) is 2. The van der Waals surface area contributed by atoms with Gasteiger partial charge in [-0.05, 0) is 26.7 Å². The van der Waals surface area contributed by atoms with E-state index in [0.29, 0.717) is 12.8 Å². The molecule has 1 saturated carbocycles. The van der Waals surface area contributed by atoms with Gasteiger partial charge in [0.1, 0.15) is 5.60 Å². The van der Waals surface area contributed by atoms with Crippen molar-refractivity contribution >= 4 is 5.91 Å². The molecule has 0 saturated heterocycles. The van der Waals surface area contributed by atoms with Crippen molar-refractivity contribution in [3.63, 3.8) is 0 Å². The Morgan fingerprint density at radius 1 is 1.38 bits per heavy atom. The number of carbonyl (C=O) groups is 1. The van der Waals surface area contributed by atoms with Crippen molar-refractivity contribution in [2.45, 2.75) is 63.5 Å². The van der Waals surface area contributed by atoms with Crippen LogP contribution in [0.25, 0.3) is 0 Å². The second-order valence-electron chi connectivity index (χ2n) is 6.03. The third-order valence-electron chi connectivity index (χ3n) is 3.81. The SMILES string of the molecule is Cc1nc(C(C)(C)NC(=O)C(F)(F)C2(O)CCCC2)no1. The fourth-order valence-electron chi connectivity index (χ4n) is 2.46. The van der Waals surface area contributed by atoms with Gasteiger partial charge in [-0.15, -0.1) is 0 Å². The number of alkyl halides is 2. The molecule has 1 heterocycles. The van der Waals surface area contributed by atoms with Gasteiger partial charge in [0.2, 0.25) is 5.89 Å². The molecule has 0 bridgehead atoms. The van der Waals surface area contributed by atoms with Gasteiger partial charge in [0.15, 0.2) is 5.82 Å². The van der Waals surface area contributed by atoms with Gasteiger partial charge in [-0.25, -0.2) is 0 Å². The summed E-state index contributed by atoms with van der Waals surface area (Å²) in [5.74, 6) is -5.02. The molecule has 1 aliphatic carbocycles. The molecule has 1 aromatic rings. The monoisotopic (exact) mass is 303 g/mol. The third kappa shape index (κ3) is 2.76. The number of rotatable bonds is 4. The van der Waals surface area contributed by atoms with Crippen molar-refractivity contribution in [2.75, 3.05) is 0 Å². The van der Waals surface area contributed by atoms with Crippen molar-refractivity contribution < 1.29 is 23.2 Å². The van der Waals surface area contributed by atoms with Crippen LogP contribution in [0.1, 0.15) is 51.2 Å². The van der Waals surface area contributed by atoms with Crippen LogP contribution >= 0.6 is 0 Å². The molecule has 1 fully saturated rings. The Bertz CT molecular complexity index is 537. The van der Waals surface area contributed by atoms with Crippen LogP contribution in [0.4, 0.5) is 8.78 Å². The first kappa shape index (κ1) is 15.8. The van der Waals surface area contributed by atoms with Crippen LogP contribution in [-0.2, 0) is 10.3 Å². The second-order valence-corrected chi connectivity index (χ2v) is 6.03. The highest BCUT2D eigenvalue weighted by Crippen LogP contribution is 2.42. The first-order valence-electron chi connectivity index (χ1n) is 6.82. The Morgan fingerprint density at radius 3 is 2.43 bits per heavy atom. The molecular weight excluding hydrogens is 284 g/mol. The Labute approximate surface area is 120 Å². The smallest absolute Gasteiger partial charge is 0.352 e. The van der Waals surface area contributed by atoms with Gasteiger partial charge in [0.25, 0.3) is 5.91 Å². The summed E-state index contributed by atoms with van der Waals surface area (Å²) in [4.78, 5) is 15.9. The molecule has 0 spiro atoms. The van der Waals surface area contributed by atoms with E-state index in [4.69, 9.17) is 4.52 Å². The second kappa shape index (κ2) is 5.01. The number of carbonyl (C=O) groups excluding carboxylic acids is 1. The maximum absolute atomic E-state index is 14.2. The number of hydrogen-bond acceptors (Lipinski definition) is 5. The Kier molecular flexibility index (Phi) is 3.77. The molecule has 1 aromatic heterocycles. The molecule has 0 aliphatic heterocycles. The molecule has 1 amide bonds. The highest BCUT2D eigenvalue weighted by atomic mass is 19.3. The molecule has 2 rings (SSSR count). The van der Waals surface area contributed by atoms with Crippen LogP contribution in [0.3, 0.4) is 0 Å². The first-order valence-corrected chi connectivity index (χ1v) is 6.82. The van der Waals surface area contributed by atoms with Crippen LogP contribution in [0, 0.1) is 6.92 Å². The number of nitrogens with zero attached hydrogens (tertiary/aromatic N) is 2. The van der Waals surface area contributed by atoms with Crippen LogP contribution < -0.4 is 5.32 Å². The number of aliphatic hydroxyl groups is 1. The molecular formula is C13H19F2N3O3. The molecule has 6 nitrogen and oxygen atoms in total. The van der Waals surface area contributed by atoms with Gasteiger partial charge in [-0.1, -0.05) is 18.0 Å². The average Bonchev–Trinajstić information content (AvgIpc) is 2.98. The van der Waals surface area contributed by atoms with Crippen molar-refractivity contribution in [1.29, 1.82) is 0 Å².